The summed E-state index contributed by atoms with van der Waals surface area (Å²) >= 11 is 0. The van der Waals surface area contributed by atoms with Crippen LogP contribution >= 0.6 is 0 Å². The van der Waals surface area contributed by atoms with Crippen LogP contribution in [-0.2, 0) is 14.9 Å². The third-order valence-electron chi connectivity index (χ3n) is 6.37. The van der Waals surface area contributed by atoms with Crippen molar-refractivity contribution in [2.45, 2.75) is 51.4 Å². The molecule has 132 valence electrons. The molecule has 0 saturated heterocycles. The second-order valence-electron chi connectivity index (χ2n) is 7.94. The van der Waals surface area contributed by atoms with Crippen LogP contribution in [0.15, 0.2) is 23.3 Å². The zero-order chi connectivity index (χ0) is 17.9. The van der Waals surface area contributed by atoms with Crippen LogP contribution in [0.25, 0.3) is 0 Å². The minimum Gasteiger partial charge on any atom is -0.496 e. The summed E-state index contributed by atoms with van der Waals surface area (Å²) in [6, 6.07) is 4.21. The van der Waals surface area contributed by atoms with Crippen molar-refractivity contribution in [1.82, 2.24) is 0 Å². The van der Waals surface area contributed by atoms with Crippen molar-refractivity contribution in [1.29, 1.82) is 0 Å². The standard InChI is InChI=1S/C21H24O4/c1-11(2)12-5-6-15-18(19(12)24-4)17(22)9-16-14-10-25-20(23)13(14)7-8-21(15,16)3/h5-6,11,16H,7-10H2,1-4H3/t16-,21-/m1/s1. The molecule has 0 bridgehead atoms. The molecule has 0 unspecified atom stereocenters. The molecule has 0 N–H and O–H groups in total. The summed E-state index contributed by atoms with van der Waals surface area (Å²) in [5, 5.41) is 0. The Bertz CT molecular complexity index is 817. The van der Waals surface area contributed by atoms with Crippen molar-refractivity contribution in [2.75, 3.05) is 13.7 Å². The number of ketones is 1. The normalized spacial score (nSPS) is 27.8. The number of ether oxygens (including phenoxy) is 2. The van der Waals surface area contributed by atoms with E-state index in [1.807, 2.05) is 0 Å². The van der Waals surface area contributed by atoms with Gasteiger partial charge >= 0.3 is 5.97 Å². The molecular formula is C21H24O4. The van der Waals surface area contributed by atoms with Gasteiger partial charge in [0.1, 0.15) is 12.4 Å². The average Bonchev–Trinajstić information content (AvgIpc) is 2.96. The summed E-state index contributed by atoms with van der Waals surface area (Å²) in [7, 11) is 1.65. The summed E-state index contributed by atoms with van der Waals surface area (Å²) in [4.78, 5) is 25.0. The van der Waals surface area contributed by atoms with Crippen molar-refractivity contribution in [3.63, 3.8) is 0 Å². The molecule has 25 heavy (non-hydrogen) atoms. The molecule has 4 rings (SSSR count). The summed E-state index contributed by atoms with van der Waals surface area (Å²) < 4.78 is 11.0. The first kappa shape index (κ1) is 16.4. The number of carbonyl (C=O) groups is 2. The molecule has 0 spiro atoms. The number of methoxy groups -OCH3 is 1. The van der Waals surface area contributed by atoms with Crippen molar-refractivity contribution in [2.24, 2.45) is 5.92 Å². The van der Waals surface area contributed by atoms with E-state index in [-0.39, 0.29) is 23.1 Å². The molecule has 1 heterocycles. The highest BCUT2D eigenvalue weighted by molar-refractivity contribution is 6.03. The Morgan fingerprint density at radius 3 is 2.72 bits per heavy atom. The molecule has 0 aromatic heterocycles. The largest absolute Gasteiger partial charge is 0.496 e. The van der Waals surface area contributed by atoms with Gasteiger partial charge in [-0.25, -0.2) is 4.79 Å². The Morgan fingerprint density at radius 1 is 1.28 bits per heavy atom. The van der Waals surface area contributed by atoms with Crippen LogP contribution in [0.3, 0.4) is 0 Å². The summed E-state index contributed by atoms with van der Waals surface area (Å²) in [6.07, 6.45) is 2.01. The van der Waals surface area contributed by atoms with Crippen LogP contribution in [-0.4, -0.2) is 25.5 Å². The predicted octanol–water partition coefficient (Wildman–Crippen LogP) is 3.93. The molecule has 1 aromatic rings. The van der Waals surface area contributed by atoms with Gasteiger partial charge in [-0.15, -0.1) is 0 Å². The fraction of sp³-hybridized carbons (Fsp3) is 0.524. The van der Waals surface area contributed by atoms with Crippen LogP contribution in [0.4, 0.5) is 0 Å². The second-order valence-corrected chi connectivity index (χ2v) is 7.94. The van der Waals surface area contributed by atoms with E-state index in [4.69, 9.17) is 9.47 Å². The van der Waals surface area contributed by atoms with E-state index in [1.165, 1.54) is 0 Å². The first-order valence-corrected chi connectivity index (χ1v) is 9.02. The van der Waals surface area contributed by atoms with E-state index in [9.17, 15) is 9.59 Å². The molecule has 2 atom stereocenters. The smallest absolute Gasteiger partial charge is 0.334 e. The van der Waals surface area contributed by atoms with Gasteiger partial charge < -0.3 is 9.47 Å². The van der Waals surface area contributed by atoms with Gasteiger partial charge in [-0.05, 0) is 35.5 Å². The highest BCUT2D eigenvalue weighted by Crippen LogP contribution is 2.55. The van der Waals surface area contributed by atoms with E-state index in [0.29, 0.717) is 18.9 Å². The number of Topliss-reactive ketones (excluding diaryl/α,β-unsaturated/α-hetero) is 1. The van der Waals surface area contributed by atoms with E-state index < -0.39 is 0 Å². The van der Waals surface area contributed by atoms with E-state index in [1.54, 1.807) is 7.11 Å². The molecule has 0 fully saturated rings. The van der Waals surface area contributed by atoms with Crippen molar-refractivity contribution in [3.05, 3.63) is 40.0 Å². The molecule has 0 saturated carbocycles. The third-order valence-corrected chi connectivity index (χ3v) is 6.37. The predicted molar refractivity (Wildman–Crippen MR) is 94.1 cm³/mol. The Morgan fingerprint density at radius 2 is 2.04 bits per heavy atom. The highest BCUT2D eigenvalue weighted by atomic mass is 16.5. The van der Waals surface area contributed by atoms with Crippen LogP contribution in [0.2, 0.25) is 0 Å². The second kappa shape index (κ2) is 5.45. The van der Waals surface area contributed by atoms with Gasteiger partial charge in [-0.1, -0.05) is 32.9 Å². The van der Waals surface area contributed by atoms with Crippen molar-refractivity contribution < 1.29 is 19.1 Å². The first-order valence-electron chi connectivity index (χ1n) is 9.02. The summed E-state index contributed by atoms with van der Waals surface area (Å²) in [5.74, 6) is 1.00. The number of hydrogen-bond donors (Lipinski definition) is 0. The van der Waals surface area contributed by atoms with Gasteiger partial charge in [-0.3, -0.25) is 4.79 Å². The number of carbonyl (C=O) groups excluding carboxylic acids is 2. The number of hydrogen-bond acceptors (Lipinski definition) is 4. The van der Waals surface area contributed by atoms with Gasteiger partial charge in [0.2, 0.25) is 0 Å². The highest BCUT2D eigenvalue weighted by Gasteiger charge is 2.51. The number of benzene rings is 1. The fourth-order valence-electron chi connectivity index (χ4n) is 4.95. The van der Waals surface area contributed by atoms with Gasteiger partial charge in [0, 0.05) is 23.3 Å². The average molecular weight is 340 g/mol. The lowest BCUT2D eigenvalue weighted by Crippen LogP contribution is -2.43. The van der Waals surface area contributed by atoms with Gasteiger partial charge in [0.25, 0.3) is 0 Å². The zero-order valence-corrected chi connectivity index (χ0v) is 15.3. The number of fused-ring (bicyclic) bond motifs is 4. The minimum absolute atomic E-state index is 0.0531. The van der Waals surface area contributed by atoms with E-state index in [0.717, 1.165) is 46.4 Å². The quantitative estimate of drug-likeness (QED) is 0.766. The number of cyclic esters (lactones) is 1. The van der Waals surface area contributed by atoms with E-state index >= 15 is 0 Å². The molecule has 0 amide bonds. The molecule has 1 aromatic carbocycles. The van der Waals surface area contributed by atoms with Gasteiger partial charge in [0.05, 0.1) is 12.7 Å². The lowest BCUT2D eigenvalue weighted by atomic mass is 9.56. The zero-order valence-electron chi connectivity index (χ0n) is 15.3. The maximum absolute atomic E-state index is 13.1. The maximum atomic E-state index is 13.1. The third kappa shape index (κ3) is 2.12. The minimum atomic E-state index is -0.192. The monoisotopic (exact) mass is 340 g/mol. The Balaban J connectivity index is 1.91. The molecule has 3 aliphatic rings. The summed E-state index contributed by atoms with van der Waals surface area (Å²) in [6.45, 7) is 6.80. The fourth-order valence-corrected chi connectivity index (χ4v) is 4.95. The van der Waals surface area contributed by atoms with Crippen molar-refractivity contribution in [3.8, 4) is 5.75 Å². The molecule has 1 aliphatic heterocycles. The lowest BCUT2D eigenvalue weighted by molar-refractivity contribution is -0.136. The lowest BCUT2D eigenvalue weighted by Gasteiger charge is -2.46. The molecule has 4 nitrogen and oxygen atoms in total. The van der Waals surface area contributed by atoms with Crippen LogP contribution < -0.4 is 4.74 Å². The Kier molecular flexibility index (Phi) is 3.57. The van der Waals surface area contributed by atoms with E-state index in [2.05, 4.69) is 32.9 Å². The molecular weight excluding hydrogens is 316 g/mol. The molecule has 2 aliphatic carbocycles. The van der Waals surface area contributed by atoms with Crippen LogP contribution in [0, 0.1) is 5.92 Å². The summed E-state index contributed by atoms with van der Waals surface area (Å²) in [5.41, 5.74) is 4.60. The SMILES string of the molecule is COc1c(C(C)C)ccc2c1C(=O)C[C@@H]1C3=C(CC[C@]21C)C(=O)OC3. The number of rotatable bonds is 2. The van der Waals surface area contributed by atoms with Gasteiger partial charge in [0.15, 0.2) is 5.78 Å². The topological polar surface area (TPSA) is 52.6 Å². The Labute approximate surface area is 148 Å². The first-order chi connectivity index (χ1) is 11.9. The van der Waals surface area contributed by atoms with Crippen molar-refractivity contribution >= 4 is 11.8 Å². The Hall–Kier alpha value is -2.10. The maximum Gasteiger partial charge on any atom is 0.334 e. The molecule has 4 heteroatoms. The van der Waals surface area contributed by atoms with Crippen LogP contribution in [0.1, 0.15) is 67.4 Å². The van der Waals surface area contributed by atoms with Crippen LogP contribution in [0.5, 0.6) is 5.75 Å². The van der Waals surface area contributed by atoms with Gasteiger partial charge in [-0.2, -0.15) is 0 Å². The number of esters is 1. The molecule has 0 radical (unpaired) electrons.